The minimum Gasteiger partial charge on any atom is -0.462 e. The molecule has 0 aliphatic rings. The molecule has 0 radical (unpaired) electrons. The number of unbranched alkanes of at least 4 members (excludes halogenated alkanes) is 25. The fraction of sp³-hybridized carbons (Fsp3) is 0.722. The standard InChI is InChI=1S/C54H92O6/c1-4-7-10-13-16-19-22-24-25-26-27-28-30-32-35-38-41-44-47-53(56)59-50-51(49-58-52(55)46-43-40-37-34-31-21-18-15-12-9-6-3)60-54(57)48-45-42-39-36-33-29-23-20-17-14-11-8-5-2/h10,13,16,19,22,24-29,33,51H,4-9,11-12,14-15,17-18,20-21,23,30-32,34-50H2,1-3H3/b13-10-,19-16-,24-22-,26-25-,28-27-,33-29-. The van der Waals surface area contributed by atoms with E-state index in [4.69, 9.17) is 14.2 Å². The number of carbonyl (C=O) groups is 3. The van der Waals surface area contributed by atoms with Crippen molar-refractivity contribution in [3.05, 3.63) is 72.9 Å². The number of ether oxygens (including phenoxy) is 3. The molecule has 0 amide bonds. The first-order valence-corrected chi connectivity index (χ1v) is 25.0. The Hall–Kier alpha value is -3.15. The molecule has 0 aromatic heterocycles. The maximum absolute atomic E-state index is 12.8. The Bertz CT molecular complexity index is 1140. The van der Waals surface area contributed by atoms with Crippen molar-refractivity contribution in [2.24, 2.45) is 0 Å². The highest BCUT2D eigenvalue weighted by molar-refractivity contribution is 5.71. The van der Waals surface area contributed by atoms with Gasteiger partial charge in [0.25, 0.3) is 0 Å². The van der Waals surface area contributed by atoms with Crippen molar-refractivity contribution in [2.75, 3.05) is 13.2 Å². The van der Waals surface area contributed by atoms with E-state index in [-0.39, 0.29) is 31.1 Å². The fourth-order valence-electron chi connectivity index (χ4n) is 6.76. The third-order valence-corrected chi connectivity index (χ3v) is 10.5. The van der Waals surface area contributed by atoms with Gasteiger partial charge in [-0.2, -0.15) is 0 Å². The molecule has 0 fully saturated rings. The van der Waals surface area contributed by atoms with Crippen molar-refractivity contribution in [1.82, 2.24) is 0 Å². The van der Waals surface area contributed by atoms with Gasteiger partial charge >= 0.3 is 17.9 Å². The highest BCUT2D eigenvalue weighted by atomic mass is 16.6. The predicted octanol–water partition coefficient (Wildman–Crippen LogP) is 16.3. The van der Waals surface area contributed by atoms with Gasteiger partial charge < -0.3 is 14.2 Å². The van der Waals surface area contributed by atoms with Gasteiger partial charge in [0, 0.05) is 19.3 Å². The van der Waals surface area contributed by atoms with Crippen LogP contribution >= 0.6 is 0 Å². The summed E-state index contributed by atoms with van der Waals surface area (Å²) in [6, 6.07) is 0. The summed E-state index contributed by atoms with van der Waals surface area (Å²) in [5.74, 6) is -0.931. The second kappa shape index (κ2) is 48.5. The number of esters is 3. The number of rotatable bonds is 44. The van der Waals surface area contributed by atoms with Crippen LogP contribution in [0.5, 0.6) is 0 Å². The van der Waals surface area contributed by atoms with E-state index in [1.165, 1.54) is 96.3 Å². The zero-order valence-electron chi connectivity index (χ0n) is 39.2. The van der Waals surface area contributed by atoms with Gasteiger partial charge in [0.15, 0.2) is 6.10 Å². The van der Waals surface area contributed by atoms with Crippen LogP contribution in [0.2, 0.25) is 0 Å². The first kappa shape index (κ1) is 56.9. The lowest BCUT2D eigenvalue weighted by atomic mass is 10.1. The predicted molar refractivity (Wildman–Crippen MR) is 256 cm³/mol. The van der Waals surface area contributed by atoms with Gasteiger partial charge in [-0.25, -0.2) is 0 Å². The van der Waals surface area contributed by atoms with E-state index in [1.54, 1.807) is 0 Å². The molecule has 0 bridgehead atoms. The average molecular weight is 837 g/mol. The number of carbonyl (C=O) groups excluding carboxylic acids is 3. The van der Waals surface area contributed by atoms with E-state index in [0.29, 0.717) is 19.3 Å². The maximum Gasteiger partial charge on any atom is 0.306 e. The number of hydrogen-bond acceptors (Lipinski definition) is 6. The summed E-state index contributed by atoms with van der Waals surface area (Å²) >= 11 is 0. The molecule has 0 aromatic rings. The third kappa shape index (κ3) is 45.9. The Morgan fingerprint density at radius 1 is 0.333 bits per heavy atom. The van der Waals surface area contributed by atoms with Crippen LogP contribution in [0.3, 0.4) is 0 Å². The van der Waals surface area contributed by atoms with Crippen molar-refractivity contribution < 1.29 is 28.6 Å². The summed E-state index contributed by atoms with van der Waals surface area (Å²) in [6.45, 7) is 6.49. The molecule has 0 heterocycles. The lowest BCUT2D eigenvalue weighted by molar-refractivity contribution is -0.167. The van der Waals surface area contributed by atoms with Crippen LogP contribution < -0.4 is 0 Å². The van der Waals surface area contributed by atoms with Crippen LogP contribution in [-0.2, 0) is 28.6 Å². The Labute approximate surface area is 370 Å². The van der Waals surface area contributed by atoms with Crippen molar-refractivity contribution >= 4 is 17.9 Å². The summed E-state index contributed by atoms with van der Waals surface area (Å²) in [7, 11) is 0. The highest BCUT2D eigenvalue weighted by Crippen LogP contribution is 2.14. The van der Waals surface area contributed by atoms with Crippen LogP contribution in [-0.4, -0.2) is 37.2 Å². The highest BCUT2D eigenvalue weighted by Gasteiger charge is 2.19. The molecule has 1 atom stereocenters. The van der Waals surface area contributed by atoms with Crippen LogP contribution in [0.25, 0.3) is 0 Å². The normalized spacial score (nSPS) is 12.7. The Morgan fingerprint density at radius 3 is 1.07 bits per heavy atom. The minimum absolute atomic E-state index is 0.0887. The van der Waals surface area contributed by atoms with Crippen LogP contribution in [0, 0.1) is 0 Å². The molecule has 60 heavy (non-hydrogen) atoms. The molecule has 0 spiro atoms. The van der Waals surface area contributed by atoms with Gasteiger partial charge in [0.2, 0.25) is 0 Å². The van der Waals surface area contributed by atoms with Crippen LogP contribution in [0.1, 0.15) is 233 Å². The lowest BCUT2D eigenvalue weighted by Crippen LogP contribution is -2.30. The molecule has 0 N–H and O–H groups in total. The van der Waals surface area contributed by atoms with Gasteiger partial charge in [-0.3, -0.25) is 14.4 Å². The van der Waals surface area contributed by atoms with E-state index in [9.17, 15) is 14.4 Å². The van der Waals surface area contributed by atoms with Crippen molar-refractivity contribution in [3.63, 3.8) is 0 Å². The number of allylic oxidation sites excluding steroid dienone is 12. The second-order valence-electron chi connectivity index (χ2n) is 16.5. The Kier molecular flexibility index (Phi) is 46.0. The van der Waals surface area contributed by atoms with Crippen molar-refractivity contribution in [2.45, 2.75) is 239 Å². The SMILES string of the molecule is CCC\C=C/C=C\C=C/C=C\C=C/CCCCCCCC(=O)OCC(COC(=O)CCCCCCCCCCCCC)OC(=O)CCCCC/C=C\CCCCCCCC. The largest absolute Gasteiger partial charge is 0.462 e. The zero-order chi connectivity index (χ0) is 43.7. The summed E-state index contributed by atoms with van der Waals surface area (Å²) < 4.78 is 16.7. The zero-order valence-corrected chi connectivity index (χ0v) is 39.2. The molecule has 6 heteroatoms. The molecule has 0 saturated heterocycles. The molecule has 344 valence electrons. The van der Waals surface area contributed by atoms with Gasteiger partial charge in [0.05, 0.1) is 0 Å². The van der Waals surface area contributed by atoms with E-state index in [0.717, 1.165) is 96.3 Å². The summed E-state index contributed by atoms with van der Waals surface area (Å²) in [5, 5.41) is 0. The van der Waals surface area contributed by atoms with E-state index in [1.807, 2.05) is 24.3 Å². The van der Waals surface area contributed by atoms with Crippen molar-refractivity contribution in [3.8, 4) is 0 Å². The topological polar surface area (TPSA) is 78.9 Å². The molecule has 0 aliphatic carbocycles. The van der Waals surface area contributed by atoms with Gasteiger partial charge in [-0.1, -0.05) is 222 Å². The summed E-state index contributed by atoms with van der Waals surface area (Å²) in [4.78, 5) is 37.9. The fourth-order valence-corrected chi connectivity index (χ4v) is 6.76. The molecular formula is C54H92O6. The first-order chi connectivity index (χ1) is 29.5. The minimum atomic E-state index is -0.791. The number of hydrogen-bond donors (Lipinski definition) is 0. The molecule has 1 unspecified atom stereocenters. The Morgan fingerprint density at radius 2 is 0.650 bits per heavy atom. The Balaban J connectivity index is 4.44. The third-order valence-electron chi connectivity index (χ3n) is 10.5. The summed E-state index contributed by atoms with van der Waals surface area (Å²) in [6.07, 6.45) is 60.2. The summed E-state index contributed by atoms with van der Waals surface area (Å²) in [5.41, 5.74) is 0. The van der Waals surface area contributed by atoms with E-state index in [2.05, 4.69) is 69.4 Å². The monoisotopic (exact) mass is 837 g/mol. The molecule has 0 aromatic carbocycles. The molecular weight excluding hydrogens is 745 g/mol. The van der Waals surface area contributed by atoms with Gasteiger partial charge in [0.1, 0.15) is 13.2 Å². The van der Waals surface area contributed by atoms with Gasteiger partial charge in [-0.15, -0.1) is 0 Å². The first-order valence-electron chi connectivity index (χ1n) is 25.0. The lowest BCUT2D eigenvalue weighted by Gasteiger charge is -2.18. The molecule has 0 aliphatic heterocycles. The van der Waals surface area contributed by atoms with E-state index < -0.39 is 6.10 Å². The smallest absolute Gasteiger partial charge is 0.306 e. The molecule has 0 rings (SSSR count). The average Bonchev–Trinajstić information content (AvgIpc) is 3.24. The van der Waals surface area contributed by atoms with Gasteiger partial charge in [-0.05, 0) is 64.2 Å². The molecule has 0 saturated carbocycles. The van der Waals surface area contributed by atoms with E-state index >= 15 is 0 Å². The van der Waals surface area contributed by atoms with Crippen LogP contribution in [0.4, 0.5) is 0 Å². The second-order valence-corrected chi connectivity index (χ2v) is 16.5. The quantitative estimate of drug-likeness (QED) is 0.0200. The van der Waals surface area contributed by atoms with Crippen molar-refractivity contribution in [1.29, 1.82) is 0 Å². The maximum atomic E-state index is 12.8. The molecule has 6 nitrogen and oxygen atoms in total. The van der Waals surface area contributed by atoms with Crippen LogP contribution in [0.15, 0.2) is 72.9 Å².